The Morgan fingerprint density at radius 2 is 1.59 bits per heavy atom. The van der Waals surface area contributed by atoms with Crippen molar-refractivity contribution in [2.24, 2.45) is 0 Å². The minimum atomic E-state index is -0.667. The fourth-order valence-electron chi connectivity index (χ4n) is 5.92. The van der Waals surface area contributed by atoms with Crippen LogP contribution in [0.1, 0.15) is 65.5 Å². The van der Waals surface area contributed by atoms with Crippen LogP contribution in [0.3, 0.4) is 0 Å². The fraction of sp³-hybridized carbons (Fsp3) is 0.355. The largest absolute Gasteiger partial charge is 0.497 e. The Labute approximate surface area is 234 Å². The Kier molecular flexibility index (Phi) is 7.98. The van der Waals surface area contributed by atoms with Crippen molar-refractivity contribution in [1.82, 2.24) is 4.90 Å². The molecule has 0 bridgehead atoms. The Morgan fingerprint density at radius 3 is 2.26 bits per heavy atom. The van der Waals surface area contributed by atoms with Crippen molar-refractivity contribution in [3.8, 4) is 17.2 Å². The molecule has 204 valence electrons. The molecule has 1 aliphatic carbocycles. The highest BCUT2D eigenvalue weighted by molar-refractivity contribution is 6.32. The van der Waals surface area contributed by atoms with E-state index >= 15 is 0 Å². The summed E-state index contributed by atoms with van der Waals surface area (Å²) in [5, 5.41) is 3.41. The second-order valence-electron chi connectivity index (χ2n) is 9.96. The number of anilines is 1. The first-order chi connectivity index (χ1) is 19.0. The SMILES string of the molecule is COc1ccc([C@@H]2[C@H](C(=O)Nc3cc(Cl)c(OC)cc3OC)c3ccccc3C(=O)N2C2CCCCC2)cc1. The molecule has 2 atom stereocenters. The molecule has 3 aromatic rings. The van der Waals surface area contributed by atoms with Gasteiger partial charge in [0.2, 0.25) is 5.91 Å². The van der Waals surface area contributed by atoms with Crippen molar-refractivity contribution < 1.29 is 23.8 Å². The summed E-state index contributed by atoms with van der Waals surface area (Å²) in [6, 6.07) is 17.9. The molecule has 8 heteroatoms. The predicted molar refractivity (Wildman–Crippen MR) is 151 cm³/mol. The first-order valence-electron chi connectivity index (χ1n) is 13.2. The standard InChI is InChI=1S/C31H33ClN2O5/c1-37-21-15-13-19(14-16-21)29-28(30(35)33-25-17-24(32)26(38-2)18-27(25)39-3)22-11-7-8-12-23(22)31(36)34(29)20-9-5-4-6-10-20/h7-8,11-18,20,28-29H,4-6,9-10H2,1-3H3,(H,33,35)/t28-,29-/m1/s1. The van der Waals surface area contributed by atoms with Gasteiger partial charge in [0.15, 0.2) is 0 Å². The number of carbonyl (C=O) groups is 2. The van der Waals surface area contributed by atoms with Gasteiger partial charge in [0.1, 0.15) is 17.2 Å². The van der Waals surface area contributed by atoms with E-state index in [4.69, 9.17) is 25.8 Å². The highest BCUT2D eigenvalue weighted by Gasteiger charge is 2.46. The fourth-order valence-corrected chi connectivity index (χ4v) is 6.16. The molecule has 5 rings (SSSR count). The molecule has 2 aliphatic rings. The molecule has 0 saturated heterocycles. The van der Waals surface area contributed by atoms with Gasteiger partial charge in [-0.3, -0.25) is 9.59 Å². The molecular weight excluding hydrogens is 516 g/mol. The maximum atomic E-state index is 14.3. The zero-order valence-corrected chi connectivity index (χ0v) is 23.2. The predicted octanol–water partition coefficient (Wildman–Crippen LogP) is 6.62. The van der Waals surface area contributed by atoms with E-state index < -0.39 is 12.0 Å². The summed E-state index contributed by atoms with van der Waals surface area (Å²) in [6.07, 6.45) is 5.10. The van der Waals surface area contributed by atoms with Crippen LogP contribution in [-0.2, 0) is 4.79 Å². The molecule has 0 aromatic heterocycles. The van der Waals surface area contributed by atoms with Crippen LogP contribution in [0.2, 0.25) is 5.02 Å². The van der Waals surface area contributed by atoms with Gasteiger partial charge in [-0.1, -0.05) is 61.2 Å². The van der Waals surface area contributed by atoms with Gasteiger partial charge >= 0.3 is 0 Å². The minimum Gasteiger partial charge on any atom is -0.497 e. The summed E-state index contributed by atoms with van der Waals surface area (Å²) in [5.41, 5.74) is 2.57. The summed E-state index contributed by atoms with van der Waals surface area (Å²) in [7, 11) is 4.67. The van der Waals surface area contributed by atoms with Crippen molar-refractivity contribution in [2.45, 2.75) is 50.1 Å². The quantitative estimate of drug-likeness (QED) is 0.359. The zero-order chi connectivity index (χ0) is 27.5. The monoisotopic (exact) mass is 548 g/mol. The van der Waals surface area contributed by atoms with Gasteiger partial charge in [0.25, 0.3) is 5.91 Å². The Bertz CT molecular complexity index is 1350. The van der Waals surface area contributed by atoms with Crippen molar-refractivity contribution in [3.05, 3.63) is 82.4 Å². The van der Waals surface area contributed by atoms with E-state index in [0.717, 1.165) is 37.7 Å². The first-order valence-corrected chi connectivity index (χ1v) is 13.6. The molecule has 1 aliphatic heterocycles. The lowest BCUT2D eigenvalue weighted by Gasteiger charge is -2.46. The number of halogens is 1. The Morgan fingerprint density at radius 1 is 0.897 bits per heavy atom. The molecule has 7 nitrogen and oxygen atoms in total. The van der Waals surface area contributed by atoms with Gasteiger partial charge in [0.05, 0.1) is 44.0 Å². The molecule has 1 saturated carbocycles. The van der Waals surface area contributed by atoms with Gasteiger partial charge in [-0.2, -0.15) is 0 Å². The smallest absolute Gasteiger partial charge is 0.254 e. The number of benzene rings is 3. The third-order valence-corrected chi connectivity index (χ3v) is 8.11. The van der Waals surface area contributed by atoms with Gasteiger partial charge in [-0.15, -0.1) is 0 Å². The maximum absolute atomic E-state index is 14.3. The lowest BCUT2D eigenvalue weighted by atomic mass is 9.77. The minimum absolute atomic E-state index is 0.0348. The number of amides is 2. The van der Waals surface area contributed by atoms with E-state index in [9.17, 15) is 9.59 Å². The lowest BCUT2D eigenvalue weighted by molar-refractivity contribution is -0.119. The molecule has 3 aromatic carbocycles. The third kappa shape index (κ3) is 5.15. The zero-order valence-electron chi connectivity index (χ0n) is 22.4. The van der Waals surface area contributed by atoms with E-state index in [-0.39, 0.29) is 17.9 Å². The molecule has 2 amide bonds. The van der Waals surface area contributed by atoms with Gasteiger partial charge < -0.3 is 24.4 Å². The van der Waals surface area contributed by atoms with Crippen LogP contribution in [-0.4, -0.2) is 44.1 Å². The molecule has 0 spiro atoms. The van der Waals surface area contributed by atoms with Crippen LogP contribution in [0.4, 0.5) is 5.69 Å². The molecule has 0 unspecified atom stereocenters. The van der Waals surface area contributed by atoms with Gasteiger partial charge in [0, 0.05) is 17.7 Å². The van der Waals surface area contributed by atoms with Gasteiger partial charge in [-0.25, -0.2) is 0 Å². The average molecular weight is 549 g/mol. The van der Waals surface area contributed by atoms with Crippen LogP contribution < -0.4 is 19.5 Å². The number of ether oxygens (including phenoxy) is 3. The van der Waals surface area contributed by atoms with Crippen LogP contribution in [0.15, 0.2) is 60.7 Å². The number of nitrogens with one attached hydrogen (secondary N) is 1. The Balaban J connectivity index is 1.63. The number of fused-ring (bicyclic) bond motifs is 1. The molecule has 1 heterocycles. The van der Waals surface area contributed by atoms with Crippen LogP contribution >= 0.6 is 11.6 Å². The maximum Gasteiger partial charge on any atom is 0.254 e. The second kappa shape index (κ2) is 11.6. The normalized spacial score (nSPS) is 19.3. The third-order valence-electron chi connectivity index (χ3n) is 7.82. The molecule has 39 heavy (non-hydrogen) atoms. The van der Waals surface area contributed by atoms with Crippen LogP contribution in [0.5, 0.6) is 17.2 Å². The number of hydrogen-bond acceptors (Lipinski definition) is 5. The number of rotatable bonds is 7. The van der Waals surface area contributed by atoms with Crippen molar-refractivity contribution >= 4 is 29.1 Å². The Hall–Kier alpha value is -3.71. The van der Waals surface area contributed by atoms with E-state index in [2.05, 4.69) is 5.32 Å². The van der Waals surface area contributed by atoms with Crippen molar-refractivity contribution in [2.75, 3.05) is 26.6 Å². The number of nitrogens with zero attached hydrogens (tertiary/aromatic N) is 1. The van der Waals surface area contributed by atoms with E-state index in [1.165, 1.54) is 14.2 Å². The highest BCUT2D eigenvalue weighted by atomic mass is 35.5. The summed E-state index contributed by atoms with van der Waals surface area (Å²) in [5.74, 6) is 0.627. The van der Waals surface area contributed by atoms with E-state index in [1.54, 1.807) is 19.2 Å². The molecule has 1 fully saturated rings. The summed E-state index contributed by atoms with van der Waals surface area (Å²) in [4.78, 5) is 30.3. The van der Waals surface area contributed by atoms with Crippen molar-refractivity contribution in [3.63, 3.8) is 0 Å². The average Bonchev–Trinajstić information content (AvgIpc) is 2.97. The lowest BCUT2D eigenvalue weighted by Crippen LogP contribution is -2.51. The molecular formula is C31H33ClN2O5. The number of carbonyl (C=O) groups excluding carboxylic acids is 2. The van der Waals surface area contributed by atoms with E-state index in [1.807, 2.05) is 53.4 Å². The molecule has 0 radical (unpaired) electrons. The van der Waals surface area contributed by atoms with Crippen LogP contribution in [0.25, 0.3) is 0 Å². The first kappa shape index (κ1) is 26.9. The highest BCUT2D eigenvalue weighted by Crippen LogP contribution is 2.47. The van der Waals surface area contributed by atoms with Gasteiger partial charge in [-0.05, 0) is 48.2 Å². The number of hydrogen-bond donors (Lipinski definition) is 1. The summed E-state index contributed by atoms with van der Waals surface area (Å²) >= 11 is 6.41. The number of methoxy groups -OCH3 is 3. The van der Waals surface area contributed by atoms with E-state index in [0.29, 0.717) is 39.1 Å². The topological polar surface area (TPSA) is 77.1 Å². The van der Waals surface area contributed by atoms with Crippen LogP contribution in [0, 0.1) is 0 Å². The summed E-state index contributed by atoms with van der Waals surface area (Å²) in [6.45, 7) is 0. The molecule has 1 N–H and O–H groups in total. The second-order valence-corrected chi connectivity index (χ2v) is 10.4. The van der Waals surface area contributed by atoms with Crippen molar-refractivity contribution in [1.29, 1.82) is 0 Å². The summed E-state index contributed by atoms with van der Waals surface area (Å²) < 4.78 is 16.2.